The van der Waals surface area contributed by atoms with Gasteiger partial charge in [-0.25, -0.2) is 4.68 Å². The summed E-state index contributed by atoms with van der Waals surface area (Å²) in [5.74, 6) is 1.35. The van der Waals surface area contributed by atoms with Crippen LogP contribution in [-0.4, -0.2) is 56.4 Å². The molecule has 0 radical (unpaired) electrons. The van der Waals surface area contributed by atoms with Crippen LogP contribution in [-0.2, 0) is 18.6 Å². The molecule has 0 saturated carbocycles. The van der Waals surface area contributed by atoms with Crippen molar-refractivity contribution in [2.75, 3.05) is 19.1 Å². The second-order valence-electron chi connectivity index (χ2n) is 8.65. The van der Waals surface area contributed by atoms with Crippen molar-refractivity contribution in [1.82, 2.24) is 15.0 Å². The van der Waals surface area contributed by atoms with E-state index in [0.717, 1.165) is 15.6 Å². The van der Waals surface area contributed by atoms with Crippen LogP contribution in [0.5, 0.6) is 11.5 Å². The molecule has 0 spiro atoms. The van der Waals surface area contributed by atoms with E-state index >= 15 is 0 Å². The lowest BCUT2D eigenvalue weighted by Gasteiger charge is -2.27. The van der Waals surface area contributed by atoms with E-state index in [0.29, 0.717) is 20.9 Å². The van der Waals surface area contributed by atoms with Crippen LogP contribution >= 0.6 is 50.1 Å². The first-order valence-corrected chi connectivity index (χ1v) is 13.5. The minimum absolute atomic E-state index is 0.0721. The Labute approximate surface area is 236 Å². The third-order valence-electron chi connectivity index (χ3n) is 5.75. The van der Waals surface area contributed by atoms with Crippen LogP contribution in [0, 0.1) is 8.61 Å². The average molecular weight is 694 g/mol. The quantitative estimate of drug-likeness (QED) is 0.152. The lowest BCUT2D eigenvalue weighted by Crippen LogP contribution is -2.25. The Kier molecular flexibility index (Phi) is 10.5. The molecule has 0 amide bonds. The second kappa shape index (κ2) is 13.1. The molecule has 0 fully saturated rings. The summed E-state index contributed by atoms with van der Waals surface area (Å²) < 4.78 is 14.3. The number of rotatable bonds is 13. The van der Waals surface area contributed by atoms with Gasteiger partial charge in [0, 0.05) is 5.41 Å². The lowest BCUT2D eigenvalue weighted by atomic mass is 9.78. The predicted molar refractivity (Wildman–Crippen MR) is 149 cm³/mol. The summed E-state index contributed by atoms with van der Waals surface area (Å²) in [6, 6.07) is 13.0. The number of hydrogen-bond donors (Lipinski definition) is 2. The molecule has 194 valence electrons. The number of nitroso groups, excluding NO2 is 1. The van der Waals surface area contributed by atoms with Gasteiger partial charge in [-0.15, -0.1) is 16.7 Å². The Morgan fingerprint density at radius 3 is 2.47 bits per heavy atom. The zero-order chi connectivity index (χ0) is 26.3. The molecule has 0 aliphatic carbocycles. The van der Waals surface area contributed by atoms with Crippen molar-refractivity contribution < 1.29 is 19.7 Å². The van der Waals surface area contributed by atoms with Gasteiger partial charge in [0.05, 0.1) is 29.2 Å². The number of aromatic nitrogens is 3. The summed E-state index contributed by atoms with van der Waals surface area (Å²) in [6.07, 6.45) is -0.816. The number of ether oxygens (including phenoxy) is 2. The van der Waals surface area contributed by atoms with E-state index in [1.54, 1.807) is 0 Å². The molecule has 0 saturated heterocycles. The van der Waals surface area contributed by atoms with Gasteiger partial charge in [-0.3, -0.25) is 0 Å². The van der Waals surface area contributed by atoms with Crippen LogP contribution in [0.25, 0.3) is 0 Å². The summed E-state index contributed by atoms with van der Waals surface area (Å²) in [4.78, 5) is 10.7. The summed E-state index contributed by atoms with van der Waals surface area (Å²) in [7, 11) is 0. The van der Waals surface area contributed by atoms with Crippen LogP contribution < -0.4 is 9.47 Å². The zero-order valence-electron chi connectivity index (χ0n) is 19.8. The van der Waals surface area contributed by atoms with Gasteiger partial charge in [0.1, 0.15) is 40.6 Å². The van der Waals surface area contributed by atoms with Crippen molar-refractivity contribution in [3.63, 3.8) is 0 Å². The van der Waals surface area contributed by atoms with E-state index in [4.69, 9.17) is 21.1 Å². The van der Waals surface area contributed by atoms with Crippen LogP contribution in [0.1, 0.15) is 30.7 Å². The molecule has 0 unspecified atom stereocenters. The van der Waals surface area contributed by atoms with E-state index < -0.39 is 12.1 Å². The first kappa shape index (κ1) is 28.8. The molecule has 9 nitrogen and oxygen atoms in total. The maximum Gasteiger partial charge on any atom is 0.149 e. The average Bonchev–Trinajstić information content (AvgIpc) is 3.22. The summed E-state index contributed by atoms with van der Waals surface area (Å²) in [5, 5.41) is 30.5. The number of benzene rings is 2. The van der Waals surface area contributed by atoms with Gasteiger partial charge in [-0.2, -0.15) is 4.91 Å². The minimum atomic E-state index is -0.816. The summed E-state index contributed by atoms with van der Waals surface area (Å²) in [6.45, 7) is 4.40. The van der Waals surface area contributed by atoms with Crippen LogP contribution in [0.3, 0.4) is 0 Å². The topological polar surface area (TPSA) is 119 Å². The molecular weight excluding hydrogens is 667 g/mol. The van der Waals surface area contributed by atoms with Gasteiger partial charge >= 0.3 is 0 Å². The zero-order valence-corrected chi connectivity index (χ0v) is 24.3. The molecule has 1 heterocycles. The fraction of sp³-hybridized carbons (Fsp3) is 0.417. The number of alkyl halides is 1. The summed E-state index contributed by atoms with van der Waals surface area (Å²) >= 11 is 11.2. The highest BCUT2D eigenvalue weighted by Gasteiger charge is 2.24. The third-order valence-corrected chi connectivity index (χ3v) is 7.57. The minimum Gasteiger partial charge on any atom is -0.491 e. The number of halogens is 3. The largest absolute Gasteiger partial charge is 0.491 e. The van der Waals surface area contributed by atoms with Gasteiger partial charge in [-0.1, -0.05) is 42.4 Å². The molecule has 36 heavy (non-hydrogen) atoms. The lowest BCUT2D eigenvalue weighted by molar-refractivity contribution is 0.0866. The monoisotopic (exact) mass is 692 g/mol. The molecule has 0 aliphatic rings. The second-order valence-corrected chi connectivity index (χ2v) is 10.8. The maximum atomic E-state index is 10.7. The van der Waals surface area contributed by atoms with Gasteiger partial charge in [-0.05, 0) is 73.9 Å². The Morgan fingerprint density at radius 2 is 1.86 bits per heavy atom. The van der Waals surface area contributed by atoms with Gasteiger partial charge in [0.15, 0.2) is 0 Å². The molecule has 3 aromatic rings. The van der Waals surface area contributed by atoms with E-state index in [1.165, 1.54) is 4.68 Å². The molecule has 0 aliphatic heterocycles. The Bertz CT molecular complexity index is 1160. The SMILES string of the molecule is CC(C)(c1ccc(OC[C@@H](O)Cn2nnc(I)c2CO)cc1)c1ccc(OC[C@@H](CCl)N=O)c(Br)c1. The highest BCUT2D eigenvalue weighted by molar-refractivity contribution is 14.1. The normalized spacial score (nSPS) is 13.3. The molecule has 12 heteroatoms. The summed E-state index contributed by atoms with van der Waals surface area (Å²) in [5.41, 5.74) is 2.39. The van der Waals surface area contributed by atoms with Crippen molar-refractivity contribution in [2.24, 2.45) is 5.18 Å². The highest BCUT2D eigenvalue weighted by atomic mass is 127. The molecular formula is C24H27BrClIN4O5. The smallest absolute Gasteiger partial charge is 0.149 e. The third kappa shape index (κ3) is 7.15. The van der Waals surface area contributed by atoms with E-state index in [2.05, 4.69) is 45.3 Å². The van der Waals surface area contributed by atoms with Crippen molar-refractivity contribution in [3.05, 3.63) is 72.4 Å². The standard InChI is InChI=1S/C24H27BrClIN4O5/c1-24(2,16-5-8-22(20(25)9-16)36-13-17(10-26)29-34)15-3-6-19(7-4-15)35-14-18(33)11-31-21(12-32)23(27)28-30-31/h3-9,17-18,32-33H,10-14H2,1-2H3/t17-,18+/m1/s1. The van der Waals surface area contributed by atoms with Crippen LogP contribution in [0.2, 0.25) is 0 Å². The van der Waals surface area contributed by atoms with Crippen molar-refractivity contribution in [1.29, 1.82) is 0 Å². The molecule has 0 bridgehead atoms. The Morgan fingerprint density at radius 1 is 1.17 bits per heavy atom. The van der Waals surface area contributed by atoms with Gasteiger partial charge in [0.25, 0.3) is 0 Å². The van der Waals surface area contributed by atoms with Crippen molar-refractivity contribution in [2.45, 2.75) is 44.6 Å². The van der Waals surface area contributed by atoms with Crippen molar-refractivity contribution >= 4 is 50.1 Å². The van der Waals surface area contributed by atoms with Gasteiger partial charge < -0.3 is 19.7 Å². The Balaban J connectivity index is 1.61. The van der Waals surface area contributed by atoms with Crippen LogP contribution in [0.15, 0.2) is 52.1 Å². The maximum absolute atomic E-state index is 10.7. The number of nitrogens with zero attached hydrogens (tertiary/aromatic N) is 4. The first-order chi connectivity index (χ1) is 17.2. The number of aliphatic hydroxyl groups excluding tert-OH is 2. The van der Waals surface area contributed by atoms with E-state index in [1.807, 2.05) is 65.1 Å². The molecule has 2 atom stereocenters. The molecule has 2 aromatic carbocycles. The van der Waals surface area contributed by atoms with E-state index in [-0.39, 0.29) is 37.7 Å². The number of hydrogen-bond acceptors (Lipinski definition) is 8. The number of aliphatic hydroxyl groups is 2. The van der Waals surface area contributed by atoms with Crippen LogP contribution in [0.4, 0.5) is 0 Å². The van der Waals surface area contributed by atoms with Gasteiger partial charge in [0.2, 0.25) is 0 Å². The Hall–Kier alpha value is -1.80. The molecule has 2 N–H and O–H groups in total. The van der Waals surface area contributed by atoms with E-state index in [9.17, 15) is 15.1 Å². The van der Waals surface area contributed by atoms with Crippen molar-refractivity contribution in [3.8, 4) is 11.5 Å². The highest BCUT2D eigenvalue weighted by Crippen LogP contribution is 2.36. The predicted octanol–water partition coefficient (Wildman–Crippen LogP) is 4.66. The fourth-order valence-electron chi connectivity index (χ4n) is 3.48. The first-order valence-electron chi connectivity index (χ1n) is 11.1. The molecule has 1 aromatic heterocycles. The fourth-order valence-corrected chi connectivity index (χ4v) is 4.66. The molecule has 3 rings (SSSR count).